The zero-order chi connectivity index (χ0) is 23.1. The fourth-order valence-corrected chi connectivity index (χ4v) is 5.18. The molecule has 0 bridgehead atoms. The van der Waals surface area contributed by atoms with Crippen molar-refractivity contribution in [2.45, 2.75) is 38.7 Å². The van der Waals surface area contributed by atoms with Crippen molar-refractivity contribution < 1.29 is 18.7 Å². The largest absolute Gasteiger partial charge is 0.387 e. The normalized spacial score (nSPS) is 13.8. The van der Waals surface area contributed by atoms with Crippen molar-refractivity contribution in [3.8, 4) is 16.1 Å². The number of thiazole rings is 1. The maximum Gasteiger partial charge on any atom is 0.195 e. The molecule has 1 atom stereocenters. The smallest absolute Gasteiger partial charge is 0.195 e. The molecule has 168 valence electrons. The quantitative estimate of drug-likeness (QED) is 0.409. The van der Waals surface area contributed by atoms with Crippen LogP contribution in [0.2, 0.25) is 0 Å². The highest BCUT2D eigenvalue weighted by molar-refractivity contribution is 7.17. The van der Waals surface area contributed by atoms with Crippen molar-refractivity contribution in [1.29, 1.82) is 0 Å². The first-order valence-corrected chi connectivity index (χ1v) is 11.5. The highest BCUT2D eigenvalue weighted by Gasteiger charge is 2.24. The number of ketones is 1. The Kier molecular flexibility index (Phi) is 5.64. The van der Waals surface area contributed by atoms with E-state index in [2.05, 4.69) is 16.0 Å². The number of hydrogen-bond donors (Lipinski definition) is 1. The highest BCUT2D eigenvalue weighted by Crippen LogP contribution is 2.38. The van der Waals surface area contributed by atoms with Crippen LogP contribution < -0.4 is 0 Å². The van der Waals surface area contributed by atoms with E-state index >= 15 is 0 Å². The van der Waals surface area contributed by atoms with Crippen LogP contribution in [0.4, 0.5) is 8.78 Å². The molecule has 33 heavy (non-hydrogen) atoms. The summed E-state index contributed by atoms with van der Waals surface area (Å²) in [4.78, 5) is 22.6. The SMILES string of the molecule is CC(O)c1cn(-c2ccc3c(c2)-c2sc(C(=O)Cc4c(F)cccc4F)nc2CCC3)cn1. The van der Waals surface area contributed by atoms with Crippen LogP contribution in [0.15, 0.2) is 48.9 Å². The summed E-state index contributed by atoms with van der Waals surface area (Å²) in [5.74, 6) is -1.85. The molecule has 2 heterocycles. The molecule has 8 heteroatoms. The fourth-order valence-electron chi connectivity index (χ4n) is 4.08. The first-order valence-electron chi connectivity index (χ1n) is 10.7. The summed E-state index contributed by atoms with van der Waals surface area (Å²) < 4.78 is 29.9. The summed E-state index contributed by atoms with van der Waals surface area (Å²) >= 11 is 1.27. The number of rotatable bonds is 5. The number of Topliss-reactive ketones (excluding diaryl/α,β-unsaturated/α-hetero) is 1. The predicted molar refractivity (Wildman–Crippen MR) is 122 cm³/mol. The number of hydrogen-bond acceptors (Lipinski definition) is 5. The minimum Gasteiger partial charge on any atom is -0.387 e. The second kappa shape index (κ2) is 8.61. The molecule has 0 aliphatic heterocycles. The monoisotopic (exact) mass is 465 g/mol. The molecule has 0 amide bonds. The van der Waals surface area contributed by atoms with Crippen LogP contribution in [0.1, 0.15) is 51.8 Å². The Labute approximate surface area is 193 Å². The maximum atomic E-state index is 14.0. The van der Waals surface area contributed by atoms with Gasteiger partial charge >= 0.3 is 0 Å². The molecule has 5 rings (SSSR count). The minimum absolute atomic E-state index is 0.232. The number of carbonyl (C=O) groups excluding carboxylic acids is 1. The third-order valence-electron chi connectivity index (χ3n) is 5.86. The fraction of sp³-hybridized carbons (Fsp3) is 0.240. The van der Waals surface area contributed by atoms with E-state index in [-0.39, 0.29) is 17.0 Å². The average molecular weight is 466 g/mol. The zero-order valence-electron chi connectivity index (χ0n) is 17.9. The van der Waals surface area contributed by atoms with E-state index in [9.17, 15) is 18.7 Å². The van der Waals surface area contributed by atoms with E-state index in [4.69, 9.17) is 0 Å². The summed E-state index contributed by atoms with van der Waals surface area (Å²) in [7, 11) is 0. The number of aryl methyl sites for hydroxylation is 2. The van der Waals surface area contributed by atoms with Gasteiger partial charge in [0.2, 0.25) is 0 Å². The van der Waals surface area contributed by atoms with Crippen LogP contribution in [0.5, 0.6) is 0 Å². The summed E-state index contributed by atoms with van der Waals surface area (Å²) in [5, 5.41) is 10.0. The lowest BCUT2D eigenvalue weighted by Gasteiger charge is -2.09. The van der Waals surface area contributed by atoms with Gasteiger partial charge in [-0.2, -0.15) is 0 Å². The molecule has 1 aliphatic carbocycles. The van der Waals surface area contributed by atoms with Crippen molar-refractivity contribution >= 4 is 17.1 Å². The summed E-state index contributed by atoms with van der Waals surface area (Å²) in [6.07, 6.45) is 4.94. The standard InChI is InChI=1S/C25H21F2N3O2S/c1-14(31)22-12-30(13-28-22)16-9-8-15-4-2-7-21-24(17(15)10-16)33-25(29-21)23(32)11-18-19(26)5-3-6-20(18)27/h3,5-6,8-10,12-14,31H,2,4,7,11H2,1H3. The number of imidazole rings is 1. The topological polar surface area (TPSA) is 68.0 Å². The van der Waals surface area contributed by atoms with Crippen molar-refractivity contribution in [3.63, 3.8) is 0 Å². The van der Waals surface area contributed by atoms with Gasteiger partial charge in [0.25, 0.3) is 0 Å². The molecular weight excluding hydrogens is 444 g/mol. The Bertz CT molecular complexity index is 1340. The van der Waals surface area contributed by atoms with E-state index in [0.717, 1.165) is 58.8 Å². The second-order valence-electron chi connectivity index (χ2n) is 8.17. The molecule has 0 saturated heterocycles. The van der Waals surface area contributed by atoms with Crippen LogP contribution in [0.25, 0.3) is 16.1 Å². The van der Waals surface area contributed by atoms with Gasteiger partial charge in [0.05, 0.1) is 28.7 Å². The van der Waals surface area contributed by atoms with Gasteiger partial charge in [0.15, 0.2) is 10.8 Å². The Balaban J connectivity index is 1.51. The zero-order valence-corrected chi connectivity index (χ0v) is 18.7. The van der Waals surface area contributed by atoms with Crippen molar-refractivity contribution in [1.82, 2.24) is 14.5 Å². The number of carbonyl (C=O) groups is 1. The summed E-state index contributed by atoms with van der Waals surface area (Å²) in [6, 6.07) is 9.70. The first-order chi connectivity index (χ1) is 15.9. The van der Waals surface area contributed by atoms with Crippen molar-refractivity contribution in [2.75, 3.05) is 0 Å². The van der Waals surface area contributed by atoms with E-state index in [1.54, 1.807) is 19.4 Å². The number of halogens is 2. The van der Waals surface area contributed by atoms with Gasteiger partial charge in [-0.1, -0.05) is 12.1 Å². The number of aliphatic hydroxyl groups excluding tert-OH is 1. The molecule has 0 fully saturated rings. The lowest BCUT2D eigenvalue weighted by atomic mass is 10.0. The lowest BCUT2D eigenvalue weighted by Crippen LogP contribution is -2.07. The maximum absolute atomic E-state index is 14.0. The van der Waals surface area contributed by atoms with Crippen molar-refractivity contribution in [2.24, 2.45) is 0 Å². The second-order valence-corrected chi connectivity index (χ2v) is 9.17. The minimum atomic E-state index is -0.728. The van der Waals surface area contributed by atoms with Gasteiger partial charge in [0.1, 0.15) is 11.6 Å². The third kappa shape index (κ3) is 4.12. The molecule has 0 spiro atoms. The third-order valence-corrected chi connectivity index (χ3v) is 7.03. The highest BCUT2D eigenvalue weighted by atomic mass is 32.1. The average Bonchev–Trinajstić information content (AvgIpc) is 3.41. The van der Waals surface area contributed by atoms with Crippen molar-refractivity contribution in [3.05, 3.63) is 88.1 Å². The first kappa shape index (κ1) is 21.6. The Hall–Kier alpha value is -3.23. The molecule has 0 saturated carbocycles. The van der Waals surface area contributed by atoms with E-state index < -0.39 is 23.5 Å². The molecule has 0 radical (unpaired) electrons. The molecule has 2 aromatic carbocycles. The van der Waals surface area contributed by atoms with Gasteiger partial charge in [-0.25, -0.2) is 18.7 Å². The summed E-state index contributed by atoms with van der Waals surface area (Å²) in [5.41, 5.74) is 4.23. The van der Waals surface area contributed by atoms with Gasteiger partial charge in [-0.3, -0.25) is 4.79 Å². The molecule has 2 aromatic heterocycles. The molecule has 1 N–H and O–H groups in total. The van der Waals surface area contributed by atoms with Gasteiger partial charge < -0.3 is 9.67 Å². The van der Waals surface area contributed by atoms with Crippen LogP contribution in [-0.4, -0.2) is 25.4 Å². The number of aromatic nitrogens is 3. The van der Waals surface area contributed by atoms with Crippen LogP contribution in [0, 0.1) is 11.6 Å². The van der Waals surface area contributed by atoms with Gasteiger partial charge in [-0.15, -0.1) is 11.3 Å². The molecular formula is C25H21F2N3O2S. The summed E-state index contributed by atoms with van der Waals surface area (Å²) in [6.45, 7) is 1.67. The Morgan fingerprint density at radius 1 is 1.21 bits per heavy atom. The van der Waals surface area contributed by atoms with Crippen LogP contribution in [-0.2, 0) is 19.3 Å². The van der Waals surface area contributed by atoms with Gasteiger partial charge in [-0.05, 0) is 61.6 Å². The number of nitrogens with zero attached hydrogens (tertiary/aromatic N) is 3. The molecule has 1 aliphatic rings. The number of aliphatic hydroxyl groups is 1. The molecule has 1 unspecified atom stereocenters. The van der Waals surface area contributed by atoms with Gasteiger partial charge in [0, 0.05) is 23.9 Å². The van der Waals surface area contributed by atoms with Crippen LogP contribution in [0.3, 0.4) is 0 Å². The predicted octanol–water partition coefficient (Wildman–Crippen LogP) is 5.24. The number of fused-ring (bicyclic) bond motifs is 3. The Morgan fingerprint density at radius 2 is 2.00 bits per heavy atom. The van der Waals surface area contributed by atoms with E-state index in [1.165, 1.54) is 17.4 Å². The molecule has 5 nitrogen and oxygen atoms in total. The molecule has 4 aromatic rings. The number of benzene rings is 2. The van der Waals surface area contributed by atoms with E-state index in [1.807, 2.05) is 16.7 Å². The van der Waals surface area contributed by atoms with E-state index in [0.29, 0.717) is 5.69 Å². The Morgan fingerprint density at radius 3 is 2.73 bits per heavy atom. The lowest BCUT2D eigenvalue weighted by molar-refractivity contribution is 0.0990. The van der Waals surface area contributed by atoms with Crippen LogP contribution >= 0.6 is 11.3 Å².